The average Bonchev–Trinajstić information content (AvgIpc) is 3.43. The number of sulfonamides is 1. The third kappa shape index (κ3) is 5.17. The molecule has 0 bridgehead atoms. The zero-order valence-corrected chi connectivity index (χ0v) is 18.7. The molecule has 0 aliphatic carbocycles. The maximum absolute atomic E-state index is 12.7. The predicted octanol–water partition coefficient (Wildman–Crippen LogP) is 2.44. The van der Waals surface area contributed by atoms with Crippen LogP contribution in [0.2, 0.25) is 0 Å². The van der Waals surface area contributed by atoms with Gasteiger partial charge in [0.15, 0.2) is 0 Å². The number of nitrogens with zero attached hydrogens (tertiary/aromatic N) is 1. The highest BCUT2D eigenvalue weighted by atomic mass is 32.2. The number of hydrogen-bond acceptors (Lipinski definition) is 5. The third-order valence-electron chi connectivity index (χ3n) is 5.80. The smallest absolute Gasteiger partial charge is 0.240 e. The highest BCUT2D eigenvalue weighted by Crippen LogP contribution is 2.26. The van der Waals surface area contributed by atoms with Gasteiger partial charge in [0.05, 0.1) is 16.9 Å². The predicted molar refractivity (Wildman–Crippen MR) is 121 cm³/mol. The number of benzene rings is 2. The molecule has 2 atom stereocenters. The molecule has 2 aromatic rings. The van der Waals surface area contributed by atoms with Gasteiger partial charge in [0.1, 0.15) is 0 Å². The summed E-state index contributed by atoms with van der Waals surface area (Å²) in [7, 11) is -3.65. The summed E-state index contributed by atoms with van der Waals surface area (Å²) in [6.07, 6.45) is 1.84. The van der Waals surface area contributed by atoms with Gasteiger partial charge in [-0.2, -0.15) is 0 Å². The molecule has 0 radical (unpaired) electrons. The summed E-state index contributed by atoms with van der Waals surface area (Å²) in [5.74, 6) is -0.826. The summed E-state index contributed by atoms with van der Waals surface area (Å²) >= 11 is 0. The van der Waals surface area contributed by atoms with E-state index in [0.717, 1.165) is 24.1 Å². The van der Waals surface area contributed by atoms with E-state index >= 15 is 0 Å². The van der Waals surface area contributed by atoms with Gasteiger partial charge in [0.2, 0.25) is 21.8 Å². The first kappa shape index (κ1) is 22.4. The van der Waals surface area contributed by atoms with Crippen LogP contribution in [0.1, 0.15) is 24.8 Å². The lowest BCUT2D eigenvalue weighted by molar-refractivity contribution is -0.122. The van der Waals surface area contributed by atoms with Gasteiger partial charge in [-0.3, -0.25) is 9.59 Å². The second-order valence-electron chi connectivity index (χ2n) is 8.24. The summed E-state index contributed by atoms with van der Waals surface area (Å²) in [6, 6.07) is 13.6. The molecular formula is C23H27N3O5S. The number of aryl methyl sites for hydroxylation is 1. The van der Waals surface area contributed by atoms with Crippen molar-refractivity contribution in [2.75, 3.05) is 29.9 Å². The standard InChI is InChI=1S/C23H27N3O5S/c1-16-4-8-19(9-5-16)26-15-17(13-22(26)27)23(28)25-18-6-10-21(11-7-18)32(29,30)24-14-20-3-2-12-31-20/h4-11,17,20,24H,2-3,12-15H2,1H3,(H,25,28)/t17-,20-/m1/s1. The number of hydrogen-bond donors (Lipinski definition) is 2. The Balaban J connectivity index is 1.34. The molecule has 2 heterocycles. The minimum absolute atomic E-state index is 0.0862. The van der Waals surface area contributed by atoms with E-state index in [4.69, 9.17) is 4.74 Å². The molecule has 2 aromatic carbocycles. The minimum atomic E-state index is -3.65. The molecule has 0 aromatic heterocycles. The summed E-state index contributed by atoms with van der Waals surface area (Å²) in [5, 5.41) is 2.79. The quantitative estimate of drug-likeness (QED) is 0.665. The summed E-state index contributed by atoms with van der Waals surface area (Å²) < 4.78 is 32.9. The van der Waals surface area contributed by atoms with E-state index in [1.807, 2.05) is 31.2 Å². The van der Waals surface area contributed by atoms with Gasteiger partial charge in [-0.15, -0.1) is 0 Å². The van der Waals surface area contributed by atoms with E-state index in [0.29, 0.717) is 18.8 Å². The maximum Gasteiger partial charge on any atom is 0.240 e. The number of rotatable bonds is 7. The highest BCUT2D eigenvalue weighted by Gasteiger charge is 2.35. The van der Waals surface area contributed by atoms with Crippen LogP contribution in [0.25, 0.3) is 0 Å². The molecule has 0 unspecified atom stereocenters. The van der Waals surface area contributed by atoms with Gasteiger partial charge >= 0.3 is 0 Å². The van der Waals surface area contributed by atoms with E-state index in [1.54, 1.807) is 17.0 Å². The summed E-state index contributed by atoms with van der Waals surface area (Å²) in [5.41, 5.74) is 2.36. The molecule has 2 amide bonds. The van der Waals surface area contributed by atoms with Crippen LogP contribution >= 0.6 is 0 Å². The number of carbonyl (C=O) groups excluding carboxylic acids is 2. The van der Waals surface area contributed by atoms with E-state index in [9.17, 15) is 18.0 Å². The van der Waals surface area contributed by atoms with Crippen molar-refractivity contribution in [3.63, 3.8) is 0 Å². The van der Waals surface area contributed by atoms with Crippen LogP contribution in [0.4, 0.5) is 11.4 Å². The molecular weight excluding hydrogens is 430 g/mol. The van der Waals surface area contributed by atoms with Crippen LogP contribution < -0.4 is 14.9 Å². The van der Waals surface area contributed by atoms with E-state index in [2.05, 4.69) is 10.0 Å². The van der Waals surface area contributed by atoms with Crippen molar-refractivity contribution in [2.45, 2.75) is 37.2 Å². The number of anilines is 2. The SMILES string of the molecule is Cc1ccc(N2C[C@H](C(=O)Nc3ccc(S(=O)(=O)NC[C@H]4CCCO4)cc3)CC2=O)cc1. The first-order valence-electron chi connectivity index (χ1n) is 10.7. The molecule has 32 heavy (non-hydrogen) atoms. The topological polar surface area (TPSA) is 105 Å². The van der Waals surface area contributed by atoms with Gasteiger partial charge in [-0.05, 0) is 56.2 Å². The van der Waals surface area contributed by atoms with Crippen molar-refractivity contribution in [2.24, 2.45) is 5.92 Å². The fourth-order valence-electron chi connectivity index (χ4n) is 3.91. The zero-order chi connectivity index (χ0) is 22.7. The summed E-state index contributed by atoms with van der Waals surface area (Å²) in [6.45, 7) is 3.19. The van der Waals surface area contributed by atoms with Crippen molar-refractivity contribution in [3.8, 4) is 0 Å². The Morgan fingerprint density at radius 2 is 1.84 bits per heavy atom. The molecule has 2 aliphatic heterocycles. The molecule has 2 N–H and O–H groups in total. The van der Waals surface area contributed by atoms with Crippen LogP contribution in [0.3, 0.4) is 0 Å². The number of amides is 2. The number of carbonyl (C=O) groups is 2. The van der Waals surface area contributed by atoms with Gasteiger partial charge in [0, 0.05) is 37.5 Å². The molecule has 2 aliphatic rings. The summed E-state index contributed by atoms with van der Waals surface area (Å²) in [4.78, 5) is 26.8. The normalized spacial score (nSPS) is 21.2. The van der Waals surface area contributed by atoms with Crippen LogP contribution in [-0.4, -0.2) is 46.0 Å². The Labute approximate surface area is 188 Å². The van der Waals surface area contributed by atoms with Crippen molar-refractivity contribution in [1.82, 2.24) is 4.72 Å². The minimum Gasteiger partial charge on any atom is -0.377 e. The fourth-order valence-corrected chi connectivity index (χ4v) is 4.98. The molecule has 0 spiro atoms. The number of ether oxygens (including phenoxy) is 1. The highest BCUT2D eigenvalue weighted by molar-refractivity contribution is 7.89. The number of nitrogens with one attached hydrogen (secondary N) is 2. The van der Waals surface area contributed by atoms with Crippen LogP contribution in [-0.2, 0) is 24.3 Å². The maximum atomic E-state index is 12.7. The Morgan fingerprint density at radius 1 is 1.12 bits per heavy atom. The lowest BCUT2D eigenvalue weighted by atomic mass is 10.1. The van der Waals surface area contributed by atoms with Crippen LogP contribution in [0.5, 0.6) is 0 Å². The molecule has 2 fully saturated rings. The van der Waals surface area contributed by atoms with Gasteiger partial charge in [-0.25, -0.2) is 13.1 Å². The monoisotopic (exact) mass is 457 g/mol. The second-order valence-corrected chi connectivity index (χ2v) is 10.0. The average molecular weight is 458 g/mol. The van der Waals surface area contributed by atoms with Crippen molar-refractivity contribution in [3.05, 3.63) is 54.1 Å². The molecule has 2 saturated heterocycles. The molecule has 4 rings (SSSR count). The largest absolute Gasteiger partial charge is 0.377 e. The first-order chi connectivity index (χ1) is 15.3. The van der Waals surface area contributed by atoms with E-state index < -0.39 is 15.9 Å². The van der Waals surface area contributed by atoms with Crippen LogP contribution in [0, 0.1) is 12.8 Å². The molecule has 9 heteroatoms. The van der Waals surface area contributed by atoms with Crippen molar-refractivity contribution >= 4 is 33.2 Å². The van der Waals surface area contributed by atoms with Crippen molar-refractivity contribution < 1.29 is 22.7 Å². The van der Waals surface area contributed by atoms with E-state index in [1.165, 1.54) is 12.1 Å². The zero-order valence-electron chi connectivity index (χ0n) is 17.9. The molecule has 170 valence electrons. The lowest BCUT2D eigenvalue weighted by Crippen LogP contribution is -2.31. The van der Waals surface area contributed by atoms with Crippen molar-refractivity contribution in [1.29, 1.82) is 0 Å². The van der Waals surface area contributed by atoms with Gasteiger partial charge < -0.3 is 15.0 Å². The van der Waals surface area contributed by atoms with E-state index in [-0.39, 0.29) is 35.8 Å². The van der Waals surface area contributed by atoms with Gasteiger partial charge in [-0.1, -0.05) is 17.7 Å². The second kappa shape index (κ2) is 9.40. The Kier molecular flexibility index (Phi) is 6.59. The third-order valence-corrected chi connectivity index (χ3v) is 7.24. The lowest BCUT2D eigenvalue weighted by Gasteiger charge is -2.17. The Morgan fingerprint density at radius 3 is 2.50 bits per heavy atom. The molecule has 8 nitrogen and oxygen atoms in total. The fraction of sp³-hybridized carbons (Fsp3) is 0.391. The van der Waals surface area contributed by atoms with Crippen LogP contribution in [0.15, 0.2) is 53.4 Å². The van der Waals surface area contributed by atoms with Gasteiger partial charge in [0.25, 0.3) is 0 Å². The Hall–Kier alpha value is -2.75. The Bertz CT molecular complexity index is 1080. The first-order valence-corrected chi connectivity index (χ1v) is 12.2. The molecule has 0 saturated carbocycles.